The van der Waals surface area contributed by atoms with E-state index in [9.17, 15) is 9.59 Å². The molecule has 1 aliphatic carbocycles. The molecule has 1 fully saturated rings. The average Bonchev–Trinajstić information content (AvgIpc) is 3.03. The number of carbonyl (C=O) groups excluding carboxylic acids is 2. The van der Waals surface area contributed by atoms with Crippen molar-refractivity contribution in [3.63, 3.8) is 0 Å². The van der Waals surface area contributed by atoms with E-state index in [-0.39, 0.29) is 11.8 Å². The van der Waals surface area contributed by atoms with Crippen molar-refractivity contribution in [2.24, 2.45) is 5.41 Å². The van der Waals surface area contributed by atoms with Gasteiger partial charge in [0.05, 0.1) is 5.69 Å². The van der Waals surface area contributed by atoms with Crippen molar-refractivity contribution in [1.82, 2.24) is 25.1 Å². The molecule has 0 spiro atoms. The summed E-state index contributed by atoms with van der Waals surface area (Å²) in [7, 11) is 3.67. The maximum Gasteiger partial charge on any atom is 0.272 e. The predicted octanol–water partition coefficient (Wildman–Crippen LogP) is 2.27. The number of likely N-dealkylation sites (N-methyl/N-ethyl adjacent to an activating group) is 2. The molecule has 2 amide bonds. The van der Waals surface area contributed by atoms with Gasteiger partial charge in [-0.05, 0) is 25.3 Å². The number of hydrogen-bond donors (Lipinski definition) is 2. The lowest BCUT2D eigenvalue weighted by atomic mass is 9.86. The van der Waals surface area contributed by atoms with Crippen molar-refractivity contribution in [1.29, 1.82) is 0 Å². The van der Waals surface area contributed by atoms with Crippen molar-refractivity contribution < 1.29 is 9.59 Å². The van der Waals surface area contributed by atoms with Crippen LogP contribution in [0.5, 0.6) is 0 Å². The third kappa shape index (κ3) is 4.24. The van der Waals surface area contributed by atoms with Crippen molar-refractivity contribution >= 4 is 11.8 Å². The molecule has 2 heterocycles. The summed E-state index contributed by atoms with van der Waals surface area (Å²) in [6.45, 7) is 8.41. The van der Waals surface area contributed by atoms with E-state index in [2.05, 4.69) is 27.1 Å². The van der Waals surface area contributed by atoms with Crippen molar-refractivity contribution in [3.8, 4) is 0 Å². The number of imidazole rings is 1. The summed E-state index contributed by atoms with van der Waals surface area (Å²) in [5, 5.41) is 5.63. The Labute approximate surface area is 168 Å². The molecule has 28 heavy (non-hydrogen) atoms. The van der Waals surface area contributed by atoms with Gasteiger partial charge in [0.2, 0.25) is 5.91 Å². The predicted molar refractivity (Wildman–Crippen MR) is 109 cm³/mol. The van der Waals surface area contributed by atoms with Gasteiger partial charge in [0.15, 0.2) is 5.69 Å². The van der Waals surface area contributed by atoms with E-state index < -0.39 is 11.5 Å². The van der Waals surface area contributed by atoms with E-state index in [1.54, 1.807) is 7.05 Å². The fourth-order valence-corrected chi connectivity index (χ4v) is 4.39. The Morgan fingerprint density at radius 2 is 1.82 bits per heavy atom. The van der Waals surface area contributed by atoms with Crippen molar-refractivity contribution in [2.45, 2.75) is 77.9 Å². The highest BCUT2D eigenvalue weighted by Crippen LogP contribution is 2.34. The second kappa shape index (κ2) is 8.23. The topological polar surface area (TPSA) is 79.3 Å². The van der Waals surface area contributed by atoms with E-state index in [1.807, 2.05) is 20.8 Å². The molecule has 1 unspecified atom stereocenters. The average molecular weight is 390 g/mol. The Kier molecular flexibility index (Phi) is 6.12. The number of amides is 2. The van der Waals surface area contributed by atoms with Gasteiger partial charge < -0.3 is 15.2 Å². The fourth-order valence-electron chi connectivity index (χ4n) is 4.39. The van der Waals surface area contributed by atoms with Crippen LogP contribution in [-0.2, 0) is 17.9 Å². The van der Waals surface area contributed by atoms with Crippen LogP contribution in [0.2, 0.25) is 0 Å². The normalized spacial score (nSPS) is 19.8. The Balaban J connectivity index is 1.93. The first-order valence-electron chi connectivity index (χ1n) is 10.5. The minimum Gasteiger partial charge on any atom is -0.357 e. The molecule has 3 rings (SSSR count). The van der Waals surface area contributed by atoms with Gasteiger partial charge in [-0.2, -0.15) is 0 Å². The first kappa shape index (κ1) is 20.8. The molecule has 1 aliphatic heterocycles. The Hall–Kier alpha value is -1.89. The molecule has 2 aliphatic rings. The van der Waals surface area contributed by atoms with Crippen LogP contribution in [0, 0.1) is 5.41 Å². The van der Waals surface area contributed by atoms with Crippen molar-refractivity contribution in [3.05, 3.63) is 17.2 Å². The zero-order chi connectivity index (χ0) is 20.5. The standard InChI is InChI=1S/C21H35N5O2/c1-21(2,3)17(20(28)22-4)24-19(27)16-15-13-25(5)11-12-26(15)18(23-16)14-9-7-6-8-10-14/h14,17H,6-13H2,1-5H3,(H,22,28)(H,24,27). The van der Waals surface area contributed by atoms with Crippen molar-refractivity contribution in [2.75, 3.05) is 20.6 Å². The van der Waals surface area contributed by atoms with Gasteiger partial charge in [-0.25, -0.2) is 4.98 Å². The Bertz CT molecular complexity index is 728. The van der Waals surface area contributed by atoms with E-state index in [1.165, 1.54) is 19.3 Å². The van der Waals surface area contributed by atoms with Crippen LogP contribution in [0.4, 0.5) is 0 Å². The van der Waals surface area contributed by atoms with Gasteiger partial charge in [0.1, 0.15) is 11.9 Å². The molecule has 0 aromatic carbocycles. The molecule has 1 aromatic rings. The van der Waals surface area contributed by atoms with E-state index in [4.69, 9.17) is 4.98 Å². The molecule has 1 saturated carbocycles. The molecule has 0 saturated heterocycles. The van der Waals surface area contributed by atoms with Gasteiger partial charge in [-0.1, -0.05) is 40.0 Å². The van der Waals surface area contributed by atoms with E-state index in [0.29, 0.717) is 18.2 Å². The molecule has 7 heteroatoms. The first-order valence-corrected chi connectivity index (χ1v) is 10.5. The zero-order valence-corrected chi connectivity index (χ0v) is 18.0. The first-order chi connectivity index (χ1) is 13.2. The van der Waals surface area contributed by atoms with Gasteiger partial charge in [-0.3, -0.25) is 14.5 Å². The molecule has 7 nitrogen and oxygen atoms in total. The lowest BCUT2D eigenvalue weighted by Gasteiger charge is -2.30. The summed E-state index contributed by atoms with van der Waals surface area (Å²) < 4.78 is 2.27. The Morgan fingerprint density at radius 1 is 1.14 bits per heavy atom. The summed E-state index contributed by atoms with van der Waals surface area (Å²) in [4.78, 5) is 32.7. The maximum absolute atomic E-state index is 13.2. The van der Waals surface area contributed by atoms with Crippen LogP contribution in [0.15, 0.2) is 0 Å². The lowest BCUT2D eigenvalue weighted by Crippen LogP contribution is -2.53. The number of aromatic nitrogens is 2. The summed E-state index contributed by atoms with van der Waals surface area (Å²) in [5.74, 6) is 1.08. The van der Waals surface area contributed by atoms with Crippen LogP contribution < -0.4 is 10.6 Å². The molecule has 156 valence electrons. The summed E-state index contributed by atoms with van der Waals surface area (Å²) in [6, 6.07) is -0.609. The number of carbonyl (C=O) groups is 2. The quantitative estimate of drug-likeness (QED) is 0.828. The van der Waals surface area contributed by atoms with Gasteiger partial charge in [0, 0.05) is 32.6 Å². The monoisotopic (exact) mass is 389 g/mol. The molecule has 1 aromatic heterocycles. The summed E-state index contributed by atoms with van der Waals surface area (Å²) in [6.07, 6.45) is 6.06. The summed E-state index contributed by atoms with van der Waals surface area (Å²) in [5.41, 5.74) is 1.08. The lowest BCUT2D eigenvalue weighted by molar-refractivity contribution is -0.124. The number of nitrogens with zero attached hydrogens (tertiary/aromatic N) is 3. The third-order valence-electron chi connectivity index (χ3n) is 6.06. The minimum atomic E-state index is -0.609. The highest BCUT2D eigenvalue weighted by Gasteiger charge is 2.35. The molecular weight excluding hydrogens is 354 g/mol. The SMILES string of the molecule is CNC(=O)C(NC(=O)c1nc(C2CCCCC2)n2c1CN(C)CC2)C(C)(C)C. The van der Waals surface area contributed by atoms with Crippen LogP contribution in [-0.4, -0.2) is 52.9 Å². The number of hydrogen-bond acceptors (Lipinski definition) is 4. The van der Waals surface area contributed by atoms with Crippen LogP contribution in [0.3, 0.4) is 0 Å². The van der Waals surface area contributed by atoms with Crippen LogP contribution >= 0.6 is 0 Å². The molecule has 0 radical (unpaired) electrons. The van der Waals surface area contributed by atoms with E-state index >= 15 is 0 Å². The zero-order valence-electron chi connectivity index (χ0n) is 18.0. The number of fused-ring (bicyclic) bond motifs is 1. The number of nitrogens with one attached hydrogen (secondary N) is 2. The number of rotatable bonds is 4. The molecular formula is C21H35N5O2. The van der Waals surface area contributed by atoms with Gasteiger partial charge >= 0.3 is 0 Å². The minimum absolute atomic E-state index is 0.182. The highest BCUT2D eigenvalue weighted by molar-refractivity contribution is 5.97. The maximum atomic E-state index is 13.2. The molecule has 1 atom stereocenters. The third-order valence-corrected chi connectivity index (χ3v) is 6.06. The Morgan fingerprint density at radius 3 is 2.43 bits per heavy atom. The largest absolute Gasteiger partial charge is 0.357 e. The smallest absolute Gasteiger partial charge is 0.272 e. The van der Waals surface area contributed by atoms with Gasteiger partial charge in [-0.15, -0.1) is 0 Å². The second-order valence-corrected chi connectivity index (χ2v) is 9.38. The van der Waals surface area contributed by atoms with Gasteiger partial charge in [0.25, 0.3) is 5.91 Å². The second-order valence-electron chi connectivity index (χ2n) is 9.38. The molecule has 0 bridgehead atoms. The summed E-state index contributed by atoms with van der Waals surface area (Å²) >= 11 is 0. The molecule has 2 N–H and O–H groups in total. The van der Waals surface area contributed by atoms with Crippen LogP contribution in [0.1, 0.15) is 80.8 Å². The van der Waals surface area contributed by atoms with Crippen LogP contribution in [0.25, 0.3) is 0 Å². The fraction of sp³-hybridized carbons (Fsp3) is 0.762. The van der Waals surface area contributed by atoms with E-state index in [0.717, 1.165) is 37.4 Å². The highest BCUT2D eigenvalue weighted by atomic mass is 16.2.